The maximum atomic E-state index is 5.20. The molecular formula is C14H16N2SSi. The van der Waals surface area contributed by atoms with Gasteiger partial charge in [-0.15, -0.1) is 11.3 Å². The van der Waals surface area contributed by atoms with Crippen LogP contribution in [0.3, 0.4) is 0 Å². The Balaban J connectivity index is 2.36. The minimum atomic E-state index is -1.28. The molecule has 1 heterocycles. The van der Waals surface area contributed by atoms with E-state index in [1.54, 1.807) is 0 Å². The van der Waals surface area contributed by atoms with E-state index in [2.05, 4.69) is 60.3 Å². The van der Waals surface area contributed by atoms with Gasteiger partial charge in [0, 0.05) is 17.0 Å². The van der Waals surface area contributed by atoms with Gasteiger partial charge in [-0.05, 0) is 0 Å². The highest BCUT2D eigenvalue weighted by Crippen LogP contribution is 2.24. The van der Waals surface area contributed by atoms with Crippen LogP contribution >= 0.6 is 11.3 Å². The second-order valence-electron chi connectivity index (χ2n) is 5.14. The number of rotatable bonds is 3. The standard InChI is InChI=1S/C14H16N2SSi/c1-5-15-14-16-13(10-17-14)11-7-6-8-12(9-11)18(2,3)4/h1,6-10H,2-4H3,(H,15,16). The molecule has 92 valence electrons. The van der Waals surface area contributed by atoms with Crippen LogP contribution < -0.4 is 10.5 Å². The predicted octanol–water partition coefficient (Wildman–Crippen LogP) is 3.36. The molecule has 0 saturated carbocycles. The van der Waals surface area contributed by atoms with Crippen LogP contribution in [0.2, 0.25) is 19.6 Å². The van der Waals surface area contributed by atoms with Crippen molar-refractivity contribution in [3.05, 3.63) is 29.6 Å². The van der Waals surface area contributed by atoms with Crippen molar-refractivity contribution in [1.82, 2.24) is 4.98 Å². The molecule has 0 fully saturated rings. The predicted molar refractivity (Wildman–Crippen MR) is 83.0 cm³/mol. The maximum Gasteiger partial charge on any atom is 0.194 e. The van der Waals surface area contributed by atoms with Gasteiger partial charge in [0.2, 0.25) is 0 Å². The highest BCUT2D eigenvalue weighted by Gasteiger charge is 2.17. The summed E-state index contributed by atoms with van der Waals surface area (Å²) in [4.78, 5) is 4.47. The van der Waals surface area contributed by atoms with Crippen LogP contribution in [-0.2, 0) is 0 Å². The first kappa shape index (κ1) is 12.9. The number of thiazole rings is 1. The topological polar surface area (TPSA) is 24.9 Å². The molecule has 0 atom stereocenters. The summed E-state index contributed by atoms with van der Waals surface area (Å²) in [6.07, 6.45) is 5.20. The van der Waals surface area contributed by atoms with Crippen molar-refractivity contribution in [3.8, 4) is 23.7 Å². The van der Waals surface area contributed by atoms with Gasteiger partial charge in [0.25, 0.3) is 0 Å². The van der Waals surface area contributed by atoms with Crippen LogP contribution in [0.4, 0.5) is 5.13 Å². The Morgan fingerprint density at radius 3 is 2.78 bits per heavy atom. The number of benzene rings is 1. The number of terminal acetylenes is 1. The highest BCUT2D eigenvalue weighted by atomic mass is 32.1. The molecule has 0 bridgehead atoms. The van der Waals surface area contributed by atoms with E-state index in [1.165, 1.54) is 16.5 Å². The Labute approximate surface area is 113 Å². The second-order valence-corrected chi connectivity index (χ2v) is 11.1. The van der Waals surface area contributed by atoms with E-state index in [1.807, 2.05) is 5.38 Å². The van der Waals surface area contributed by atoms with Gasteiger partial charge in [0.1, 0.15) is 0 Å². The molecular weight excluding hydrogens is 256 g/mol. The van der Waals surface area contributed by atoms with E-state index in [4.69, 9.17) is 6.42 Å². The third-order valence-corrected chi connectivity index (χ3v) is 5.51. The number of aromatic nitrogens is 1. The van der Waals surface area contributed by atoms with E-state index < -0.39 is 8.07 Å². The fourth-order valence-corrected chi connectivity index (χ4v) is 3.54. The van der Waals surface area contributed by atoms with Gasteiger partial charge in [-0.3, -0.25) is 5.32 Å². The van der Waals surface area contributed by atoms with E-state index in [0.717, 1.165) is 16.4 Å². The van der Waals surface area contributed by atoms with Crippen molar-refractivity contribution in [2.24, 2.45) is 0 Å². The van der Waals surface area contributed by atoms with Gasteiger partial charge < -0.3 is 0 Å². The zero-order valence-electron chi connectivity index (χ0n) is 10.8. The molecule has 0 saturated heterocycles. The summed E-state index contributed by atoms with van der Waals surface area (Å²) in [7, 11) is -1.28. The Morgan fingerprint density at radius 1 is 1.33 bits per heavy atom. The SMILES string of the molecule is C#CNc1nc(-c2cccc([Si](C)(C)C)c2)cs1. The largest absolute Gasteiger partial charge is 0.291 e. The number of nitrogens with one attached hydrogen (secondary N) is 1. The summed E-state index contributed by atoms with van der Waals surface area (Å²) in [6.45, 7) is 7.04. The molecule has 0 amide bonds. The Bertz CT molecular complexity index is 590. The monoisotopic (exact) mass is 272 g/mol. The third kappa shape index (κ3) is 2.81. The summed E-state index contributed by atoms with van der Waals surface area (Å²) in [5, 5.41) is 7.03. The molecule has 0 radical (unpaired) electrons. The van der Waals surface area contributed by atoms with Crippen molar-refractivity contribution in [2.45, 2.75) is 19.6 Å². The van der Waals surface area contributed by atoms with Crippen LogP contribution in [0, 0.1) is 12.5 Å². The normalized spacial score (nSPS) is 11.0. The fraction of sp³-hybridized carbons (Fsp3) is 0.214. The lowest BCUT2D eigenvalue weighted by Gasteiger charge is -2.17. The number of nitrogens with zero attached hydrogens (tertiary/aromatic N) is 1. The number of hydrogen-bond donors (Lipinski definition) is 1. The van der Waals surface area contributed by atoms with E-state index >= 15 is 0 Å². The Morgan fingerprint density at radius 2 is 2.11 bits per heavy atom. The van der Waals surface area contributed by atoms with Gasteiger partial charge in [-0.25, -0.2) is 4.98 Å². The van der Waals surface area contributed by atoms with Crippen LogP contribution in [0.25, 0.3) is 11.3 Å². The molecule has 0 aliphatic heterocycles. The van der Waals surface area contributed by atoms with Gasteiger partial charge in [-0.1, -0.05) is 55.5 Å². The van der Waals surface area contributed by atoms with Crippen molar-refractivity contribution in [3.63, 3.8) is 0 Å². The molecule has 4 heteroatoms. The molecule has 0 spiro atoms. The molecule has 1 N–H and O–H groups in total. The lowest BCUT2D eigenvalue weighted by Crippen LogP contribution is -2.37. The van der Waals surface area contributed by atoms with Crippen molar-refractivity contribution >= 4 is 29.7 Å². The fourth-order valence-electron chi connectivity index (χ4n) is 1.67. The number of anilines is 1. The van der Waals surface area contributed by atoms with Crippen molar-refractivity contribution in [2.75, 3.05) is 5.32 Å². The lowest BCUT2D eigenvalue weighted by atomic mass is 10.2. The average Bonchev–Trinajstić information content (AvgIpc) is 2.77. The molecule has 18 heavy (non-hydrogen) atoms. The van der Waals surface area contributed by atoms with Crippen molar-refractivity contribution < 1.29 is 0 Å². The molecule has 2 nitrogen and oxygen atoms in total. The van der Waals surface area contributed by atoms with Crippen LogP contribution in [0.5, 0.6) is 0 Å². The Kier molecular flexibility index (Phi) is 3.55. The first-order valence-electron chi connectivity index (χ1n) is 5.79. The van der Waals surface area contributed by atoms with E-state index in [0.29, 0.717) is 0 Å². The minimum absolute atomic E-state index is 0.769. The molecule has 1 aromatic carbocycles. The van der Waals surface area contributed by atoms with Gasteiger partial charge in [0.15, 0.2) is 5.13 Å². The van der Waals surface area contributed by atoms with E-state index in [-0.39, 0.29) is 0 Å². The molecule has 1 aromatic heterocycles. The van der Waals surface area contributed by atoms with Crippen LogP contribution in [0.1, 0.15) is 0 Å². The van der Waals surface area contributed by atoms with Gasteiger partial charge >= 0.3 is 0 Å². The summed E-state index contributed by atoms with van der Waals surface area (Å²) in [5.41, 5.74) is 2.15. The van der Waals surface area contributed by atoms with E-state index in [9.17, 15) is 0 Å². The maximum absolute atomic E-state index is 5.20. The summed E-state index contributed by atoms with van der Waals surface area (Å²) in [6, 6.07) is 11.1. The molecule has 0 aliphatic carbocycles. The summed E-state index contributed by atoms with van der Waals surface area (Å²) >= 11 is 1.53. The summed E-state index contributed by atoms with van der Waals surface area (Å²) in [5.74, 6) is 0. The number of hydrogen-bond acceptors (Lipinski definition) is 3. The minimum Gasteiger partial charge on any atom is -0.291 e. The molecule has 0 unspecified atom stereocenters. The molecule has 2 rings (SSSR count). The second kappa shape index (κ2) is 4.97. The molecule has 2 aromatic rings. The zero-order valence-corrected chi connectivity index (χ0v) is 12.6. The summed E-state index contributed by atoms with van der Waals surface area (Å²) < 4.78 is 0. The Hall–Kier alpha value is -1.57. The quantitative estimate of drug-likeness (QED) is 0.526. The third-order valence-electron chi connectivity index (χ3n) is 2.71. The molecule has 0 aliphatic rings. The lowest BCUT2D eigenvalue weighted by molar-refractivity contribution is 1.40. The van der Waals surface area contributed by atoms with Crippen LogP contribution in [-0.4, -0.2) is 13.1 Å². The first-order chi connectivity index (χ1) is 8.50. The average molecular weight is 272 g/mol. The van der Waals surface area contributed by atoms with Gasteiger partial charge in [0.05, 0.1) is 13.8 Å². The zero-order chi connectivity index (χ0) is 13.2. The van der Waals surface area contributed by atoms with Gasteiger partial charge in [-0.2, -0.15) is 0 Å². The van der Waals surface area contributed by atoms with Crippen LogP contribution in [0.15, 0.2) is 29.6 Å². The highest BCUT2D eigenvalue weighted by molar-refractivity contribution is 7.14. The smallest absolute Gasteiger partial charge is 0.194 e. The first-order valence-corrected chi connectivity index (χ1v) is 10.2. The van der Waals surface area contributed by atoms with Crippen molar-refractivity contribution in [1.29, 1.82) is 0 Å².